The molecule has 3 saturated heterocycles. The number of halogens is 1. The Morgan fingerprint density at radius 3 is 2.52 bits per heavy atom. The molecule has 2 N–H and O–H groups in total. The molecule has 2 aliphatic carbocycles. The number of nitrogens with zero attached hydrogens (tertiary/aromatic N) is 2. The number of sulfonamides is 1. The third kappa shape index (κ3) is 4.52. The lowest BCUT2D eigenvalue weighted by molar-refractivity contribution is -0.144. The molecular weight excluding hydrogens is 455 g/mol. The molecule has 0 aromatic heterocycles. The first-order valence-electron chi connectivity index (χ1n) is 11.9. The Labute approximate surface area is 193 Å². The summed E-state index contributed by atoms with van der Waals surface area (Å²) in [5, 5.41) is -0.778. The zero-order valence-corrected chi connectivity index (χ0v) is 19.7. The van der Waals surface area contributed by atoms with E-state index >= 15 is 0 Å². The summed E-state index contributed by atoms with van der Waals surface area (Å²) in [6.45, 7) is 3.02. The third-order valence-corrected chi connectivity index (χ3v) is 9.76. The van der Waals surface area contributed by atoms with Gasteiger partial charge < -0.3 is 9.64 Å². The highest BCUT2D eigenvalue weighted by Crippen LogP contribution is 2.41. The van der Waals surface area contributed by atoms with E-state index in [-0.39, 0.29) is 49.0 Å². The summed E-state index contributed by atoms with van der Waals surface area (Å²) >= 11 is 0. The average molecular weight is 489 g/mol. The number of ether oxygens (including phenoxy) is 1. The van der Waals surface area contributed by atoms with Crippen LogP contribution in [0.5, 0.6) is 0 Å². The monoisotopic (exact) mass is 488 g/mol. The van der Waals surface area contributed by atoms with Gasteiger partial charge >= 0.3 is 6.03 Å². The lowest BCUT2D eigenvalue weighted by Crippen LogP contribution is -2.66. The van der Waals surface area contributed by atoms with Crippen LogP contribution in [0.2, 0.25) is 0 Å². The molecule has 0 bridgehead atoms. The number of hydrogen-bond acceptors (Lipinski definition) is 7. The van der Waals surface area contributed by atoms with Crippen LogP contribution in [-0.4, -0.2) is 92.1 Å². The number of imide groups is 1. The fraction of sp³-hybridized carbons (Fsp3) is 0.905. The van der Waals surface area contributed by atoms with Crippen molar-refractivity contribution in [3.8, 4) is 0 Å². The largest absolute Gasteiger partial charge is 0.381 e. The van der Waals surface area contributed by atoms with Crippen LogP contribution in [0, 0.1) is 11.8 Å². The number of rotatable bonds is 8. The Hall–Kier alpha value is -1.34. The lowest BCUT2D eigenvalue weighted by Gasteiger charge is -2.49. The Morgan fingerprint density at radius 1 is 1.18 bits per heavy atom. The Bertz CT molecular complexity index is 895. The number of nitrogens with one attached hydrogen (secondary N) is 2. The van der Waals surface area contributed by atoms with Crippen molar-refractivity contribution in [3.63, 3.8) is 0 Å². The molecule has 3 aliphatic heterocycles. The molecule has 0 aromatic carbocycles. The van der Waals surface area contributed by atoms with E-state index in [0.717, 1.165) is 0 Å². The van der Waals surface area contributed by atoms with Gasteiger partial charge in [0.25, 0.3) is 0 Å². The van der Waals surface area contributed by atoms with E-state index in [2.05, 4.69) is 10.2 Å². The van der Waals surface area contributed by atoms with Crippen LogP contribution in [0.1, 0.15) is 45.4 Å². The van der Waals surface area contributed by atoms with E-state index < -0.39 is 33.4 Å². The van der Waals surface area contributed by atoms with Crippen LogP contribution in [0.3, 0.4) is 0 Å². The summed E-state index contributed by atoms with van der Waals surface area (Å²) in [5.74, 6) is -0.719. The van der Waals surface area contributed by atoms with Crippen molar-refractivity contribution in [3.05, 3.63) is 0 Å². The summed E-state index contributed by atoms with van der Waals surface area (Å²) in [7, 11) is -3.78. The summed E-state index contributed by atoms with van der Waals surface area (Å²) in [6, 6.07) is -0.530. The molecule has 5 fully saturated rings. The first-order chi connectivity index (χ1) is 15.7. The summed E-state index contributed by atoms with van der Waals surface area (Å²) in [6.07, 6.45) is 2.25. The fourth-order valence-electron chi connectivity index (χ4n) is 5.49. The lowest BCUT2D eigenvalue weighted by atomic mass is 9.80. The normalized spacial score (nSPS) is 36.6. The number of fused-ring (bicyclic) bond motifs is 1. The standard InChI is InChI=1S/C21H33FN4O6S/c1-13-6-15(32-23-13)9-26-19(27)17-7-16(33(29,30)24-21(12-22)4-5-21)2-3-18(17)25(20(26)28)8-14-10-31-11-14/h13-18,23-24H,2-12H2,1H3. The van der Waals surface area contributed by atoms with E-state index in [1.165, 1.54) is 4.90 Å². The first kappa shape index (κ1) is 23.4. The number of hydroxylamine groups is 1. The van der Waals surface area contributed by atoms with Crippen molar-refractivity contribution in [2.24, 2.45) is 11.8 Å². The second kappa shape index (κ2) is 8.71. The molecule has 5 atom stereocenters. The number of amides is 3. The van der Waals surface area contributed by atoms with E-state index in [1.54, 1.807) is 4.90 Å². The molecule has 2 saturated carbocycles. The van der Waals surface area contributed by atoms with Gasteiger partial charge in [0.05, 0.1) is 42.6 Å². The van der Waals surface area contributed by atoms with E-state index in [0.29, 0.717) is 51.9 Å². The minimum atomic E-state index is -3.78. The Balaban J connectivity index is 1.35. The van der Waals surface area contributed by atoms with Crippen molar-refractivity contribution in [2.45, 2.75) is 74.4 Å². The third-order valence-electron chi connectivity index (χ3n) is 7.73. The van der Waals surface area contributed by atoms with Crippen LogP contribution in [0.15, 0.2) is 0 Å². The van der Waals surface area contributed by atoms with Gasteiger partial charge in [0.15, 0.2) is 0 Å². The molecular formula is C21H33FN4O6S. The highest BCUT2D eigenvalue weighted by Gasteiger charge is 2.54. The van der Waals surface area contributed by atoms with Gasteiger partial charge in [0.1, 0.15) is 6.67 Å². The fourth-order valence-corrected chi connectivity index (χ4v) is 7.43. The molecule has 0 radical (unpaired) electrons. The number of carbonyl (C=O) groups excluding carboxylic acids is 2. The second-order valence-corrected chi connectivity index (χ2v) is 12.4. The van der Waals surface area contributed by atoms with Gasteiger partial charge in [-0.25, -0.2) is 22.3 Å². The predicted octanol–water partition coefficient (Wildman–Crippen LogP) is 0.538. The number of hydrogen-bond donors (Lipinski definition) is 2. The minimum absolute atomic E-state index is 0.126. The van der Waals surface area contributed by atoms with E-state index in [9.17, 15) is 22.4 Å². The number of alkyl halides is 1. The highest BCUT2D eigenvalue weighted by molar-refractivity contribution is 7.90. The molecule has 5 rings (SSSR count). The Kier molecular flexibility index (Phi) is 6.17. The average Bonchev–Trinajstić information content (AvgIpc) is 3.40. The van der Waals surface area contributed by atoms with Crippen LogP contribution in [0.4, 0.5) is 9.18 Å². The molecule has 5 unspecified atom stereocenters. The van der Waals surface area contributed by atoms with Gasteiger partial charge in [-0.05, 0) is 45.4 Å². The van der Waals surface area contributed by atoms with E-state index in [1.807, 2.05) is 6.92 Å². The first-order valence-corrected chi connectivity index (χ1v) is 13.5. The van der Waals surface area contributed by atoms with Crippen molar-refractivity contribution in [1.29, 1.82) is 0 Å². The van der Waals surface area contributed by atoms with Crippen LogP contribution >= 0.6 is 0 Å². The SMILES string of the molecule is CC1CC(CN2C(=O)C3CC(S(=O)(=O)NC4(CF)CC4)CCC3N(CC3COC3)C2=O)ON1. The van der Waals surface area contributed by atoms with Crippen molar-refractivity contribution in [2.75, 3.05) is 33.0 Å². The van der Waals surface area contributed by atoms with Gasteiger partial charge in [0.2, 0.25) is 15.9 Å². The van der Waals surface area contributed by atoms with Crippen LogP contribution < -0.4 is 10.2 Å². The molecule has 0 spiro atoms. The summed E-state index contributed by atoms with van der Waals surface area (Å²) < 4.78 is 47.2. The molecule has 33 heavy (non-hydrogen) atoms. The quantitative estimate of drug-likeness (QED) is 0.512. The number of carbonyl (C=O) groups is 2. The highest BCUT2D eigenvalue weighted by atomic mass is 32.2. The zero-order valence-electron chi connectivity index (χ0n) is 18.9. The van der Waals surface area contributed by atoms with E-state index in [4.69, 9.17) is 9.57 Å². The zero-order chi connectivity index (χ0) is 23.4. The van der Waals surface area contributed by atoms with Crippen molar-refractivity contribution >= 4 is 22.0 Å². The maximum atomic E-state index is 13.5. The van der Waals surface area contributed by atoms with Crippen LogP contribution in [-0.2, 0) is 24.4 Å². The second-order valence-electron chi connectivity index (χ2n) is 10.5. The van der Waals surface area contributed by atoms with Gasteiger partial charge in [-0.15, -0.1) is 0 Å². The maximum Gasteiger partial charge on any atom is 0.327 e. The van der Waals surface area contributed by atoms with Crippen molar-refractivity contribution in [1.82, 2.24) is 20.0 Å². The molecule has 0 aromatic rings. The van der Waals surface area contributed by atoms with Crippen molar-refractivity contribution < 1.29 is 32.0 Å². The Morgan fingerprint density at radius 2 is 1.94 bits per heavy atom. The number of urea groups is 1. The van der Waals surface area contributed by atoms with Gasteiger partial charge in [-0.2, -0.15) is 5.48 Å². The van der Waals surface area contributed by atoms with Gasteiger partial charge in [0, 0.05) is 24.5 Å². The van der Waals surface area contributed by atoms with Gasteiger partial charge in [-0.3, -0.25) is 14.5 Å². The molecule has 5 aliphatic rings. The molecule has 3 amide bonds. The summed E-state index contributed by atoms with van der Waals surface area (Å²) in [5.41, 5.74) is 1.91. The maximum absolute atomic E-state index is 13.5. The molecule has 12 heteroatoms. The minimum Gasteiger partial charge on any atom is -0.381 e. The molecule has 10 nitrogen and oxygen atoms in total. The molecule has 186 valence electrons. The predicted molar refractivity (Wildman–Crippen MR) is 115 cm³/mol. The molecule has 3 heterocycles. The summed E-state index contributed by atoms with van der Waals surface area (Å²) in [4.78, 5) is 35.4. The topological polar surface area (TPSA) is 117 Å². The smallest absolute Gasteiger partial charge is 0.327 e. The van der Waals surface area contributed by atoms with Gasteiger partial charge in [-0.1, -0.05) is 0 Å². The van der Waals surface area contributed by atoms with Crippen LogP contribution in [0.25, 0.3) is 0 Å².